The summed E-state index contributed by atoms with van der Waals surface area (Å²) in [5, 5.41) is 3.16. The highest BCUT2D eigenvalue weighted by Gasteiger charge is 2.34. The Morgan fingerprint density at radius 2 is 1.65 bits per heavy atom. The molecule has 0 radical (unpaired) electrons. The molecule has 0 spiro atoms. The van der Waals surface area contributed by atoms with Gasteiger partial charge in [-0.3, -0.25) is 4.79 Å². The van der Waals surface area contributed by atoms with Gasteiger partial charge in [0.15, 0.2) is 9.84 Å². The first-order chi connectivity index (χ1) is 10.6. The molecule has 1 saturated carbocycles. The number of nitrogens with one attached hydrogen (secondary N) is 1. The average molecular weight is 337 g/mol. The molecule has 1 aromatic rings. The molecule has 1 fully saturated rings. The van der Waals surface area contributed by atoms with E-state index in [0.717, 1.165) is 25.5 Å². The molecule has 0 bridgehead atoms. The largest absolute Gasteiger partial charge is 0.349 e. The van der Waals surface area contributed by atoms with Crippen LogP contribution in [0.2, 0.25) is 0 Å². The monoisotopic (exact) mass is 337 g/mol. The number of rotatable bonds is 3. The van der Waals surface area contributed by atoms with Gasteiger partial charge in [0.2, 0.25) is 0 Å². The molecule has 128 valence electrons. The molecule has 0 aliphatic heterocycles. The van der Waals surface area contributed by atoms with Gasteiger partial charge in [0.05, 0.1) is 4.90 Å². The van der Waals surface area contributed by atoms with Gasteiger partial charge in [-0.25, -0.2) is 8.42 Å². The van der Waals surface area contributed by atoms with Crippen molar-refractivity contribution in [3.05, 3.63) is 29.8 Å². The van der Waals surface area contributed by atoms with Gasteiger partial charge in [-0.2, -0.15) is 0 Å². The predicted octanol–water partition coefficient (Wildman–Crippen LogP) is 3.42. The minimum atomic E-state index is -3.23. The maximum absolute atomic E-state index is 12.5. The van der Waals surface area contributed by atoms with Gasteiger partial charge >= 0.3 is 0 Å². The van der Waals surface area contributed by atoms with Crippen molar-refractivity contribution >= 4 is 15.7 Å². The van der Waals surface area contributed by atoms with Crippen molar-refractivity contribution in [2.45, 2.75) is 57.4 Å². The van der Waals surface area contributed by atoms with Crippen LogP contribution in [0, 0.1) is 11.3 Å². The molecule has 1 aromatic carbocycles. The molecule has 1 amide bonds. The first kappa shape index (κ1) is 18.0. The maximum Gasteiger partial charge on any atom is 0.251 e. The number of sulfone groups is 1. The van der Waals surface area contributed by atoms with Crippen LogP contribution in [0.3, 0.4) is 0 Å². The minimum absolute atomic E-state index is 0.119. The molecule has 1 aliphatic carbocycles. The Hall–Kier alpha value is -1.36. The van der Waals surface area contributed by atoms with Crippen LogP contribution in [0.25, 0.3) is 0 Å². The van der Waals surface area contributed by atoms with Crippen LogP contribution >= 0.6 is 0 Å². The van der Waals surface area contributed by atoms with Crippen molar-refractivity contribution < 1.29 is 13.2 Å². The van der Waals surface area contributed by atoms with Gasteiger partial charge < -0.3 is 5.32 Å². The fourth-order valence-corrected chi connectivity index (χ4v) is 4.08. The molecule has 4 nitrogen and oxygen atoms in total. The summed E-state index contributed by atoms with van der Waals surface area (Å²) < 4.78 is 23.0. The first-order valence-corrected chi connectivity index (χ1v) is 10.1. The van der Waals surface area contributed by atoms with Crippen LogP contribution in [0.4, 0.5) is 0 Å². The smallest absolute Gasteiger partial charge is 0.251 e. The molecular weight excluding hydrogens is 310 g/mol. The summed E-state index contributed by atoms with van der Waals surface area (Å²) in [5.41, 5.74) is 0.675. The summed E-state index contributed by atoms with van der Waals surface area (Å²) in [5.74, 6) is 0.349. The van der Waals surface area contributed by atoms with Crippen molar-refractivity contribution in [1.82, 2.24) is 5.32 Å². The van der Waals surface area contributed by atoms with Crippen LogP contribution in [0.1, 0.15) is 56.8 Å². The zero-order chi connectivity index (χ0) is 17.3. The first-order valence-electron chi connectivity index (χ1n) is 8.20. The molecule has 0 unspecified atom stereocenters. The maximum atomic E-state index is 12.5. The Bertz CT molecular complexity index is 657. The van der Waals surface area contributed by atoms with E-state index in [9.17, 15) is 13.2 Å². The molecule has 0 saturated heterocycles. The lowest BCUT2D eigenvalue weighted by atomic mass is 9.69. The third-order valence-corrected chi connectivity index (χ3v) is 5.87. The minimum Gasteiger partial charge on any atom is -0.349 e. The van der Waals surface area contributed by atoms with Crippen molar-refractivity contribution in [2.24, 2.45) is 11.3 Å². The van der Waals surface area contributed by atoms with E-state index in [1.807, 2.05) is 0 Å². The second-order valence-electron chi connectivity index (χ2n) is 7.63. The van der Waals surface area contributed by atoms with Gasteiger partial charge in [0.25, 0.3) is 5.91 Å². The summed E-state index contributed by atoms with van der Waals surface area (Å²) in [4.78, 5) is 12.7. The molecule has 2 atom stereocenters. The third kappa shape index (κ3) is 4.56. The topological polar surface area (TPSA) is 63.2 Å². The molecule has 2 rings (SSSR count). The molecule has 5 heteroatoms. The highest BCUT2D eigenvalue weighted by Crippen LogP contribution is 2.38. The van der Waals surface area contributed by atoms with Crippen LogP contribution in [-0.2, 0) is 9.84 Å². The van der Waals surface area contributed by atoms with Gasteiger partial charge in [-0.1, -0.05) is 33.6 Å². The summed E-state index contributed by atoms with van der Waals surface area (Å²) in [6, 6.07) is 6.34. The van der Waals surface area contributed by atoms with Gasteiger partial charge in [0.1, 0.15) is 0 Å². The summed E-state index contributed by atoms with van der Waals surface area (Å²) in [6.07, 6.45) is 5.68. The summed E-state index contributed by atoms with van der Waals surface area (Å²) in [7, 11) is -3.23. The molecule has 0 heterocycles. The number of hydrogen-bond donors (Lipinski definition) is 1. The van der Waals surface area contributed by atoms with Crippen LogP contribution < -0.4 is 5.32 Å². The quantitative estimate of drug-likeness (QED) is 0.919. The standard InChI is InChI=1S/C18H27NO3S/c1-18(2,3)15-7-5-6-8-16(15)19-17(20)13-9-11-14(12-10-13)23(4,21)22/h9-12,15-16H,5-8H2,1-4H3,(H,19,20)/t15-,16-/m1/s1. The highest BCUT2D eigenvalue weighted by atomic mass is 32.2. The Labute approximate surface area is 139 Å². The lowest BCUT2D eigenvalue weighted by molar-refractivity contribution is 0.0830. The van der Waals surface area contributed by atoms with Gasteiger partial charge in [0, 0.05) is 17.9 Å². The van der Waals surface area contributed by atoms with Crippen molar-refractivity contribution in [1.29, 1.82) is 0 Å². The lowest BCUT2D eigenvalue weighted by Crippen LogP contribution is -2.46. The number of carbonyl (C=O) groups is 1. The summed E-state index contributed by atoms with van der Waals surface area (Å²) in [6.45, 7) is 6.68. The van der Waals surface area contributed by atoms with E-state index in [-0.39, 0.29) is 22.3 Å². The zero-order valence-electron chi connectivity index (χ0n) is 14.4. The van der Waals surface area contributed by atoms with E-state index in [0.29, 0.717) is 11.5 Å². The molecule has 1 aliphatic rings. The fourth-order valence-electron chi connectivity index (χ4n) is 3.45. The van der Waals surface area contributed by atoms with E-state index in [1.165, 1.54) is 18.6 Å². The van der Waals surface area contributed by atoms with Crippen molar-refractivity contribution in [3.63, 3.8) is 0 Å². The van der Waals surface area contributed by atoms with Crippen molar-refractivity contribution in [2.75, 3.05) is 6.26 Å². The van der Waals surface area contributed by atoms with E-state index in [1.54, 1.807) is 12.1 Å². The molecule has 1 N–H and O–H groups in total. The van der Waals surface area contributed by atoms with Crippen molar-refractivity contribution in [3.8, 4) is 0 Å². The van der Waals surface area contributed by atoms with Crippen LogP contribution in [-0.4, -0.2) is 26.6 Å². The van der Waals surface area contributed by atoms with E-state index < -0.39 is 9.84 Å². The Kier molecular flexibility index (Phi) is 5.19. The number of benzene rings is 1. The Morgan fingerprint density at radius 3 is 2.17 bits per heavy atom. The summed E-state index contributed by atoms with van der Waals surface area (Å²) >= 11 is 0. The number of hydrogen-bond acceptors (Lipinski definition) is 3. The van der Waals surface area contributed by atoms with Gasteiger partial charge in [-0.05, 0) is 48.4 Å². The van der Waals surface area contributed by atoms with E-state index in [2.05, 4.69) is 26.1 Å². The van der Waals surface area contributed by atoms with E-state index in [4.69, 9.17) is 0 Å². The molecule has 0 aromatic heterocycles. The SMILES string of the molecule is CC(C)(C)[C@@H]1CCCC[C@H]1NC(=O)c1ccc(S(C)(=O)=O)cc1. The number of carbonyl (C=O) groups excluding carboxylic acids is 1. The highest BCUT2D eigenvalue weighted by molar-refractivity contribution is 7.90. The number of amides is 1. The van der Waals surface area contributed by atoms with Crippen LogP contribution in [0.15, 0.2) is 29.2 Å². The lowest BCUT2D eigenvalue weighted by Gasteiger charge is -2.40. The van der Waals surface area contributed by atoms with Crippen LogP contribution in [0.5, 0.6) is 0 Å². The van der Waals surface area contributed by atoms with E-state index >= 15 is 0 Å². The zero-order valence-corrected chi connectivity index (χ0v) is 15.2. The fraction of sp³-hybridized carbons (Fsp3) is 0.611. The molecular formula is C18H27NO3S. The van der Waals surface area contributed by atoms with Gasteiger partial charge in [-0.15, -0.1) is 0 Å². The Morgan fingerprint density at radius 1 is 1.09 bits per heavy atom. The second-order valence-corrected chi connectivity index (χ2v) is 9.65. The average Bonchev–Trinajstić information content (AvgIpc) is 2.46. The third-order valence-electron chi connectivity index (χ3n) is 4.74. The normalized spacial score (nSPS) is 22.6. The second kappa shape index (κ2) is 6.63. The Balaban J connectivity index is 2.11. The molecule has 23 heavy (non-hydrogen) atoms. The predicted molar refractivity (Wildman–Crippen MR) is 92.2 cm³/mol.